The van der Waals surface area contributed by atoms with Crippen LogP contribution in [0.5, 0.6) is 5.75 Å². The monoisotopic (exact) mass is 339 g/mol. The quantitative estimate of drug-likeness (QED) is 0.836. The van der Waals surface area contributed by atoms with Gasteiger partial charge in [0.1, 0.15) is 11.9 Å². The molecular formula is C21H25NO3. The fourth-order valence-electron chi connectivity index (χ4n) is 3.32. The first-order valence-corrected chi connectivity index (χ1v) is 8.76. The summed E-state index contributed by atoms with van der Waals surface area (Å²) in [5, 5.41) is 0. The van der Waals surface area contributed by atoms with Gasteiger partial charge in [-0.25, -0.2) is 0 Å². The van der Waals surface area contributed by atoms with E-state index in [1.807, 2.05) is 41.3 Å². The van der Waals surface area contributed by atoms with E-state index in [2.05, 4.69) is 19.1 Å². The smallest absolute Gasteiger partial charge is 0.223 e. The van der Waals surface area contributed by atoms with E-state index in [1.54, 1.807) is 7.11 Å². The summed E-state index contributed by atoms with van der Waals surface area (Å²) in [6, 6.07) is 16.1. The molecule has 4 heteroatoms. The van der Waals surface area contributed by atoms with Gasteiger partial charge >= 0.3 is 0 Å². The molecule has 0 aliphatic carbocycles. The number of rotatable bonds is 5. The summed E-state index contributed by atoms with van der Waals surface area (Å²) in [5.74, 6) is 1.02. The van der Waals surface area contributed by atoms with Crippen LogP contribution in [-0.4, -0.2) is 37.6 Å². The molecule has 2 aromatic rings. The minimum Gasteiger partial charge on any atom is -0.496 e. The molecule has 132 valence electrons. The van der Waals surface area contributed by atoms with Crippen LogP contribution in [-0.2, 0) is 16.0 Å². The third-order valence-electron chi connectivity index (χ3n) is 4.76. The molecule has 1 aliphatic heterocycles. The Morgan fingerprint density at radius 3 is 2.76 bits per heavy atom. The van der Waals surface area contributed by atoms with Crippen molar-refractivity contribution in [3.8, 4) is 5.75 Å². The maximum Gasteiger partial charge on any atom is 0.223 e. The van der Waals surface area contributed by atoms with Crippen molar-refractivity contribution in [3.63, 3.8) is 0 Å². The van der Waals surface area contributed by atoms with Gasteiger partial charge in [-0.05, 0) is 36.1 Å². The Labute approximate surface area is 149 Å². The first kappa shape index (κ1) is 17.5. The number of para-hydroxylation sites is 1. The lowest BCUT2D eigenvalue weighted by Crippen LogP contribution is -2.42. The molecule has 3 rings (SSSR count). The number of nitrogens with zero attached hydrogens (tertiary/aromatic N) is 1. The highest BCUT2D eigenvalue weighted by Crippen LogP contribution is 2.26. The molecule has 0 bridgehead atoms. The minimum atomic E-state index is -0.0369. The Bertz CT molecular complexity index is 729. The summed E-state index contributed by atoms with van der Waals surface area (Å²) in [5.41, 5.74) is 3.45. The Balaban J connectivity index is 1.61. The molecule has 25 heavy (non-hydrogen) atoms. The first-order chi connectivity index (χ1) is 12.2. The van der Waals surface area contributed by atoms with Crippen LogP contribution >= 0.6 is 0 Å². The number of morpholine rings is 1. The van der Waals surface area contributed by atoms with Crippen LogP contribution < -0.4 is 4.74 Å². The highest BCUT2D eigenvalue weighted by molar-refractivity contribution is 5.76. The Hall–Kier alpha value is -2.33. The highest BCUT2D eigenvalue weighted by atomic mass is 16.5. The Morgan fingerprint density at radius 1 is 1.20 bits per heavy atom. The number of aryl methyl sites for hydroxylation is 2. The lowest BCUT2D eigenvalue weighted by Gasteiger charge is -2.34. The first-order valence-electron chi connectivity index (χ1n) is 8.76. The molecule has 1 heterocycles. The van der Waals surface area contributed by atoms with Gasteiger partial charge in [-0.1, -0.05) is 42.5 Å². The predicted molar refractivity (Wildman–Crippen MR) is 97.8 cm³/mol. The van der Waals surface area contributed by atoms with E-state index in [4.69, 9.17) is 9.47 Å². The number of methoxy groups -OCH3 is 1. The van der Waals surface area contributed by atoms with Crippen LogP contribution in [0.25, 0.3) is 0 Å². The number of hydrogen-bond donors (Lipinski definition) is 0. The molecule has 0 N–H and O–H groups in total. The summed E-state index contributed by atoms with van der Waals surface area (Å²) < 4.78 is 11.3. The third kappa shape index (κ3) is 4.20. The fraction of sp³-hybridized carbons (Fsp3) is 0.381. The minimum absolute atomic E-state index is 0.0369. The average Bonchev–Trinajstić information content (AvgIpc) is 2.66. The maximum atomic E-state index is 12.7. The van der Waals surface area contributed by atoms with Crippen molar-refractivity contribution in [1.82, 2.24) is 4.90 Å². The lowest BCUT2D eigenvalue weighted by atomic mass is 10.0. The Kier molecular flexibility index (Phi) is 5.71. The molecule has 0 spiro atoms. The molecule has 4 nitrogen and oxygen atoms in total. The van der Waals surface area contributed by atoms with Crippen LogP contribution in [0.3, 0.4) is 0 Å². The molecule has 1 fully saturated rings. The fourth-order valence-corrected chi connectivity index (χ4v) is 3.32. The molecule has 1 amide bonds. The maximum absolute atomic E-state index is 12.7. The number of carbonyl (C=O) groups is 1. The molecular weight excluding hydrogens is 314 g/mol. The summed E-state index contributed by atoms with van der Waals surface area (Å²) in [6.45, 7) is 3.95. The predicted octanol–water partition coefficient (Wildman–Crippen LogP) is 3.54. The van der Waals surface area contributed by atoms with Crippen molar-refractivity contribution in [2.24, 2.45) is 0 Å². The van der Waals surface area contributed by atoms with Gasteiger partial charge < -0.3 is 14.4 Å². The van der Waals surface area contributed by atoms with Gasteiger partial charge in [-0.3, -0.25) is 4.79 Å². The van der Waals surface area contributed by atoms with Gasteiger partial charge in [0.15, 0.2) is 0 Å². The van der Waals surface area contributed by atoms with Gasteiger partial charge in [0.2, 0.25) is 5.91 Å². The SMILES string of the molecule is COc1ccccc1CCC(=O)N1CCOC(c2ccccc2C)C1. The molecule has 0 radical (unpaired) electrons. The van der Waals surface area contributed by atoms with Gasteiger partial charge in [-0.2, -0.15) is 0 Å². The van der Waals surface area contributed by atoms with Crippen molar-refractivity contribution < 1.29 is 14.3 Å². The zero-order chi connectivity index (χ0) is 17.6. The van der Waals surface area contributed by atoms with E-state index in [-0.39, 0.29) is 12.0 Å². The van der Waals surface area contributed by atoms with Crippen LogP contribution in [0.15, 0.2) is 48.5 Å². The lowest BCUT2D eigenvalue weighted by molar-refractivity contribution is -0.139. The second kappa shape index (κ2) is 8.17. The van der Waals surface area contributed by atoms with Crippen LogP contribution in [0.1, 0.15) is 29.2 Å². The van der Waals surface area contributed by atoms with Crippen LogP contribution in [0, 0.1) is 6.92 Å². The second-order valence-corrected chi connectivity index (χ2v) is 6.37. The standard InChI is InChI=1S/C21H25NO3/c1-16-7-3-5-9-18(16)20-15-22(13-14-25-20)21(23)12-11-17-8-4-6-10-19(17)24-2/h3-10,20H,11-15H2,1-2H3. The van der Waals surface area contributed by atoms with Gasteiger partial charge in [-0.15, -0.1) is 0 Å². The third-order valence-corrected chi connectivity index (χ3v) is 4.76. The van der Waals surface area contributed by atoms with Crippen molar-refractivity contribution in [2.75, 3.05) is 26.8 Å². The van der Waals surface area contributed by atoms with Crippen molar-refractivity contribution in [1.29, 1.82) is 0 Å². The normalized spacial score (nSPS) is 17.4. The van der Waals surface area contributed by atoms with Crippen LogP contribution in [0.2, 0.25) is 0 Å². The molecule has 1 aliphatic rings. The Morgan fingerprint density at radius 2 is 1.96 bits per heavy atom. The van der Waals surface area contributed by atoms with Gasteiger partial charge in [0.25, 0.3) is 0 Å². The summed E-state index contributed by atoms with van der Waals surface area (Å²) >= 11 is 0. The molecule has 1 saturated heterocycles. The van der Waals surface area contributed by atoms with E-state index in [0.29, 0.717) is 32.5 Å². The summed E-state index contributed by atoms with van der Waals surface area (Å²) in [4.78, 5) is 14.6. The van der Waals surface area contributed by atoms with E-state index in [9.17, 15) is 4.79 Å². The molecule has 0 aromatic heterocycles. The summed E-state index contributed by atoms with van der Waals surface area (Å²) in [6.07, 6.45) is 1.14. The van der Waals surface area contributed by atoms with Crippen molar-refractivity contribution in [2.45, 2.75) is 25.9 Å². The topological polar surface area (TPSA) is 38.8 Å². The van der Waals surface area contributed by atoms with E-state index in [1.165, 1.54) is 11.1 Å². The van der Waals surface area contributed by atoms with Crippen molar-refractivity contribution in [3.05, 3.63) is 65.2 Å². The van der Waals surface area contributed by atoms with Gasteiger partial charge in [0.05, 0.1) is 20.3 Å². The largest absolute Gasteiger partial charge is 0.496 e. The number of amides is 1. The number of benzene rings is 2. The zero-order valence-electron chi connectivity index (χ0n) is 14.9. The van der Waals surface area contributed by atoms with E-state index < -0.39 is 0 Å². The second-order valence-electron chi connectivity index (χ2n) is 6.37. The summed E-state index contributed by atoms with van der Waals surface area (Å²) in [7, 11) is 1.66. The molecule has 1 atom stereocenters. The zero-order valence-corrected chi connectivity index (χ0v) is 14.9. The molecule has 0 saturated carbocycles. The average molecular weight is 339 g/mol. The van der Waals surface area contributed by atoms with E-state index >= 15 is 0 Å². The molecule has 2 aromatic carbocycles. The highest BCUT2D eigenvalue weighted by Gasteiger charge is 2.26. The number of ether oxygens (including phenoxy) is 2. The van der Waals surface area contributed by atoms with Crippen molar-refractivity contribution >= 4 is 5.91 Å². The van der Waals surface area contributed by atoms with Gasteiger partial charge in [0, 0.05) is 13.0 Å². The van der Waals surface area contributed by atoms with E-state index in [0.717, 1.165) is 11.3 Å². The van der Waals surface area contributed by atoms with Crippen LogP contribution in [0.4, 0.5) is 0 Å². The molecule has 1 unspecified atom stereocenters. The number of hydrogen-bond acceptors (Lipinski definition) is 3. The number of carbonyl (C=O) groups excluding carboxylic acids is 1.